The van der Waals surface area contributed by atoms with E-state index in [0.29, 0.717) is 17.5 Å². The van der Waals surface area contributed by atoms with Crippen LogP contribution in [0.4, 0.5) is 11.4 Å². The Kier molecular flexibility index (Phi) is 4.44. The lowest BCUT2D eigenvalue weighted by atomic mass is 10.2. The van der Waals surface area contributed by atoms with Gasteiger partial charge in [0, 0.05) is 25.2 Å². The fourth-order valence-corrected chi connectivity index (χ4v) is 2.51. The van der Waals surface area contributed by atoms with E-state index >= 15 is 0 Å². The van der Waals surface area contributed by atoms with Gasteiger partial charge in [0.25, 0.3) is 5.69 Å². The Hall–Kier alpha value is -1.82. The van der Waals surface area contributed by atoms with Gasteiger partial charge in [0.2, 0.25) is 0 Å². The van der Waals surface area contributed by atoms with Gasteiger partial charge >= 0.3 is 0 Å². The van der Waals surface area contributed by atoms with Gasteiger partial charge in [0.05, 0.1) is 18.1 Å². The number of anilines is 1. The molecule has 1 atom stereocenters. The molecule has 1 unspecified atom stereocenters. The van der Waals surface area contributed by atoms with E-state index in [1.807, 2.05) is 0 Å². The lowest BCUT2D eigenvalue weighted by molar-refractivity contribution is -0.384. The third-order valence-corrected chi connectivity index (χ3v) is 3.71. The summed E-state index contributed by atoms with van der Waals surface area (Å²) < 4.78 is 5.04. The molecule has 1 N–H and O–H groups in total. The van der Waals surface area contributed by atoms with Gasteiger partial charge in [-0.25, -0.2) is 0 Å². The van der Waals surface area contributed by atoms with Gasteiger partial charge in [-0.1, -0.05) is 0 Å². The number of nitro benzene ring substituents is 1. The van der Waals surface area contributed by atoms with Gasteiger partial charge in [0.1, 0.15) is 11.4 Å². The second-order valence-electron chi connectivity index (χ2n) is 5.36. The molecule has 2 rings (SSSR count). The lowest BCUT2D eigenvalue weighted by Crippen LogP contribution is -2.31. The summed E-state index contributed by atoms with van der Waals surface area (Å²) >= 11 is 0. The van der Waals surface area contributed by atoms with Crippen molar-refractivity contribution < 1.29 is 9.66 Å². The van der Waals surface area contributed by atoms with Gasteiger partial charge in [0.15, 0.2) is 0 Å². The minimum atomic E-state index is -0.375. The summed E-state index contributed by atoms with van der Waals surface area (Å²) in [6, 6.07) is 5.67. The maximum Gasteiger partial charge on any atom is 0.296 e. The Labute approximate surface area is 118 Å². The fraction of sp³-hybridized carbons (Fsp3) is 0.571. The van der Waals surface area contributed by atoms with Gasteiger partial charge in [-0.15, -0.1) is 0 Å². The summed E-state index contributed by atoms with van der Waals surface area (Å²) in [5.74, 6) is 0.498. The van der Waals surface area contributed by atoms with E-state index in [4.69, 9.17) is 4.74 Å². The Balaban J connectivity index is 2.11. The van der Waals surface area contributed by atoms with Crippen LogP contribution >= 0.6 is 0 Å². The van der Waals surface area contributed by atoms with Crippen LogP contribution in [0.15, 0.2) is 18.2 Å². The molecule has 1 heterocycles. The van der Waals surface area contributed by atoms with Crippen LogP contribution < -0.4 is 10.1 Å². The quantitative estimate of drug-likeness (QED) is 0.662. The van der Waals surface area contributed by atoms with Crippen molar-refractivity contribution in [1.29, 1.82) is 0 Å². The molecule has 1 aromatic carbocycles. The zero-order chi connectivity index (χ0) is 14.7. The molecule has 1 aliphatic heterocycles. The number of hydrogen-bond donors (Lipinski definition) is 1. The third-order valence-electron chi connectivity index (χ3n) is 3.71. The molecular weight excluding hydrogens is 258 g/mol. The number of ether oxygens (including phenoxy) is 1. The highest BCUT2D eigenvalue weighted by molar-refractivity contribution is 5.64. The largest absolute Gasteiger partial charge is 0.496 e. The number of benzene rings is 1. The first-order chi connectivity index (χ1) is 9.51. The Morgan fingerprint density at radius 3 is 2.80 bits per heavy atom. The molecule has 1 aliphatic rings. The van der Waals surface area contributed by atoms with Crippen molar-refractivity contribution in [2.45, 2.75) is 32.4 Å². The molecule has 0 aromatic heterocycles. The average Bonchev–Trinajstić information content (AvgIpc) is 2.87. The molecule has 1 saturated heterocycles. The van der Waals surface area contributed by atoms with Crippen LogP contribution in [0.3, 0.4) is 0 Å². The molecule has 0 saturated carbocycles. The first-order valence-corrected chi connectivity index (χ1v) is 6.84. The molecule has 1 aromatic rings. The van der Waals surface area contributed by atoms with Crippen molar-refractivity contribution in [3.63, 3.8) is 0 Å². The molecule has 0 spiro atoms. The number of nitrogens with one attached hydrogen (secondary N) is 1. The minimum Gasteiger partial charge on any atom is -0.496 e. The summed E-state index contributed by atoms with van der Waals surface area (Å²) in [7, 11) is 1.50. The van der Waals surface area contributed by atoms with E-state index in [2.05, 4.69) is 24.1 Å². The van der Waals surface area contributed by atoms with Crippen LogP contribution in [0.2, 0.25) is 0 Å². The average molecular weight is 279 g/mol. The SMILES string of the molecule is COc1ccc(NC2CCN(C(C)C)C2)c([N+](=O)[O-])c1. The van der Waals surface area contributed by atoms with E-state index in [-0.39, 0.29) is 16.7 Å². The maximum absolute atomic E-state index is 11.1. The topological polar surface area (TPSA) is 67.6 Å². The molecule has 0 radical (unpaired) electrons. The zero-order valence-corrected chi connectivity index (χ0v) is 12.1. The lowest BCUT2D eigenvalue weighted by Gasteiger charge is -2.20. The Bertz CT molecular complexity index is 491. The van der Waals surface area contributed by atoms with Gasteiger partial charge in [-0.2, -0.15) is 0 Å². The fourth-order valence-electron chi connectivity index (χ4n) is 2.51. The smallest absolute Gasteiger partial charge is 0.296 e. The van der Waals surface area contributed by atoms with E-state index in [9.17, 15) is 10.1 Å². The zero-order valence-electron chi connectivity index (χ0n) is 12.1. The summed E-state index contributed by atoms with van der Waals surface area (Å²) in [5.41, 5.74) is 0.624. The molecule has 20 heavy (non-hydrogen) atoms. The molecular formula is C14H21N3O3. The van der Waals surface area contributed by atoms with Gasteiger partial charge in [-0.05, 0) is 32.4 Å². The van der Waals surface area contributed by atoms with E-state index < -0.39 is 0 Å². The van der Waals surface area contributed by atoms with Gasteiger partial charge in [-0.3, -0.25) is 15.0 Å². The van der Waals surface area contributed by atoms with Crippen LogP contribution in [0.1, 0.15) is 20.3 Å². The van der Waals surface area contributed by atoms with Crippen molar-refractivity contribution in [2.75, 3.05) is 25.5 Å². The normalized spacial score (nSPS) is 19.3. The van der Waals surface area contributed by atoms with Crippen LogP contribution in [0.25, 0.3) is 0 Å². The predicted molar refractivity (Wildman–Crippen MR) is 78.4 cm³/mol. The van der Waals surface area contributed by atoms with Crippen molar-refractivity contribution in [3.8, 4) is 5.75 Å². The predicted octanol–water partition coefficient (Wildman–Crippen LogP) is 2.50. The Morgan fingerprint density at radius 1 is 1.50 bits per heavy atom. The summed E-state index contributed by atoms with van der Waals surface area (Å²) in [4.78, 5) is 13.1. The molecule has 6 nitrogen and oxygen atoms in total. The summed E-state index contributed by atoms with van der Waals surface area (Å²) in [5, 5.41) is 14.4. The standard InChI is InChI=1S/C14H21N3O3/c1-10(2)16-7-6-11(9-16)15-13-5-4-12(20-3)8-14(13)17(18)19/h4-5,8,10-11,15H,6-7,9H2,1-3H3. The number of likely N-dealkylation sites (tertiary alicyclic amines) is 1. The molecule has 6 heteroatoms. The van der Waals surface area contributed by atoms with Crippen LogP contribution in [-0.2, 0) is 0 Å². The molecule has 110 valence electrons. The highest BCUT2D eigenvalue weighted by atomic mass is 16.6. The summed E-state index contributed by atoms with van der Waals surface area (Å²) in [6.45, 7) is 6.27. The van der Waals surface area contributed by atoms with E-state index in [1.54, 1.807) is 12.1 Å². The monoisotopic (exact) mass is 279 g/mol. The number of nitro groups is 1. The van der Waals surface area contributed by atoms with E-state index in [1.165, 1.54) is 13.2 Å². The molecule has 0 amide bonds. The molecule has 0 aliphatic carbocycles. The van der Waals surface area contributed by atoms with Gasteiger partial charge < -0.3 is 10.1 Å². The second-order valence-corrected chi connectivity index (χ2v) is 5.36. The van der Waals surface area contributed by atoms with Crippen LogP contribution in [0, 0.1) is 10.1 Å². The second kappa shape index (κ2) is 6.09. The number of hydrogen-bond acceptors (Lipinski definition) is 5. The highest BCUT2D eigenvalue weighted by Crippen LogP contribution is 2.30. The van der Waals surface area contributed by atoms with Crippen molar-refractivity contribution in [2.24, 2.45) is 0 Å². The first kappa shape index (κ1) is 14.6. The number of methoxy groups -OCH3 is 1. The van der Waals surface area contributed by atoms with Crippen molar-refractivity contribution >= 4 is 11.4 Å². The maximum atomic E-state index is 11.1. The highest BCUT2D eigenvalue weighted by Gasteiger charge is 2.26. The first-order valence-electron chi connectivity index (χ1n) is 6.84. The molecule has 1 fully saturated rings. The molecule has 0 bridgehead atoms. The summed E-state index contributed by atoms with van der Waals surface area (Å²) in [6.07, 6.45) is 1.00. The van der Waals surface area contributed by atoms with Crippen molar-refractivity contribution in [3.05, 3.63) is 28.3 Å². The Morgan fingerprint density at radius 2 is 2.25 bits per heavy atom. The number of rotatable bonds is 5. The number of nitrogens with zero attached hydrogens (tertiary/aromatic N) is 2. The van der Waals surface area contributed by atoms with Crippen LogP contribution in [-0.4, -0.2) is 42.1 Å². The van der Waals surface area contributed by atoms with Crippen molar-refractivity contribution in [1.82, 2.24) is 4.90 Å². The van der Waals surface area contributed by atoms with E-state index in [0.717, 1.165) is 19.5 Å². The minimum absolute atomic E-state index is 0.0624. The van der Waals surface area contributed by atoms with Crippen LogP contribution in [0.5, 0.6) is 5.75 Å². The third kappa shape index (κ3) is 3.19.